The van der Waals surface area contributed by atoms with Gasteiger partial charge in [0.15, 0.2) is 5.78 Å². The molecule has 1 aliphatic carbocycles. The van der Waals surface area contributed by atoms with E-state index in [0.717, 1.165) is 71.9 Å². The van der Waals surface area contributed by atoms with Crippen LogP contribution < -0.4 is 0 Å². The van der Waals surface area contributed by atoms with E-state index in [9.17, 15) is 9.90 Å². The quantitative estimate of drug-likeness (QED) is 0.0961. The summed E-state index contributed by atoms with van der Waals surface area (Å²) in [5.74, 6) is 1.29. The topological polar surface area (TPSA) is 63.3 Å². The average molecular weight is 835 g/mol. The Kier molecular flexibility index (Phi) is 11.8. The minimum absolute atomic E-state index is 0. The van der Waals surface area contributed by atoms with Crippen molar-refractivity contribution in [3.05, 3.63) is 101 Å². The summed E-state index contributed by atoms with van der Waals surface area (Å²) < 4.78 is 6.41. The Balaban J connectivity index is 0.000000260. The van der Waals surface area contributed by atoms with Crippen LogP contribution >= 0.6 is 0 Å². The van der Waals surface area contributed by atoms with Gasteiger partial charge in [-0.1, -0.05) is 116 Å². The molecule has 1 radical (unpaired) electrons. The summed E-state index contributed by atoms with van der Waals surface area (Å²) in [4.78, 5) is 17.0. The molecule has 0 spiro atoms. The van der Waals surface area contributed by atoms with E-state index in [0.29, 0.717) is 0 Å². The summed E-state index contributed by atoms with van der Waals surface area (Å²) in [5.41, 5.74) is 7.50. The molecule has 4 nitrogen and oxygen atoms in total. The van der Waals surface area contributed by atoms with E-state index in [2.05, 4.69) is 81.4 Å². The number of allylic oxidation sites excluding steroid dienone is 2. The van der Waals surface area contributed by atoms with Crippen molar-refractivity contribution in [2.45, 2.75) is 106 Å². The third kappa shape index (κ3) is 7.49. The van der Waals surface area contributed by atoms with E-state index in [1.54, 1.807) is 0 Å². The number of carbonyl (C=O) groups excluding carboxylic acids is 1. The zero-order valence-corrected chi connectivity index (χ0v) is 33.1. The number of aromatic nitrogens is 1. The molecule has 1 N–H and O–H groups in total. The zero-order chi connectivity index (χ0) is 34.9. The van der Waals surface area contributed by atoms with Gasteiger partial charge in [-0.3, -0.25) is 9.78 Å². The second-order valence-corrected chi connectivity index (χ2v) is 14.9. The maximum absolute atomic E-state index is 12.2. The molecule has 1 aliphatic rings. The number of furan rings is 1. The normalized spacial score (nSPS) is 13.3. The first-order chi connectivity index (χ1) is 22.8. The van der Waals surface area contributed by atoms with Gasteiger partial charge in [0.1, 0.15) is 17.1 Å². The predicted octanol–water partition coefficient (Wildman–Crippen LogP) is 12.2. The molecule has 2 aromatic heterocycles. The average Bonchev–Trinajstić information content (AvgIpc) is 3.49. The van der Waals surface area contributed by atoms with Crippen LogP contribution in [0.15, 0.2) is 83.1 Å². The Morgan fingerprint density at radius 3 is 2.16 bits per heavy atom. The van der Waals surface area contributed by atoms with Crippen LogP contribution in [0.4, 0.5) is 0 Å². The van der Waals surface area contributed by atoms with Gasteiger partial charge >= 0.3 is 0 Å². The first kappa shape index (κ1) is 38.3. The third-order valence-corrected chi connectivity index (χ3v) is 11.0. The van der Waals surface area contributed by atoms with Crippen molar-refractivity contribution in [1.82, 2.24) is 4.98 Å². The molecule has 0 saturated heterocycles. The molecule has 6 rings (SSSR count). The molecule has 0 atom stereocenters. The van der Waals surface area contributed by atoms with Crippen LogP contribution in [0.1, 0.15) is 105 Å². The number of carbonyl (C=O) groups is 1. The molecule has 0 aliphatic heterocycles. The molecule has 2 heterocycles. The van der Waals surface area contributed by atoms with Crippen molar-refractivity contribution in [1.29, 1.82) is 0 Å². The van der Waals surface area contributed by atoms with Gasteiger partial charge in [-0.15, -0.1) is 29.1 Å². The fraction of sp³-hybridized carbons (Fsp3) is 0.409. The fourth-order valence-electron chi connectivity index (χ4n) is 6.65. The van der Waals surface area contributed by atoms with E-state index in [4.69, 9.17) is 9.40 Å². The number of fused-ring (bicyclic) bond motifs is 6. The zero-order valence-electron chi connectivity index (χ0n) is 30.7. The number of aliphatic hydroxyl groups excluding tert-OH is 1. The SMILES string of the molecule is CC(C)(C)c1cc(-c2nccc3oc4c(c23)CCc2ccccc2-4)[c-]c2ccccc12.CCC(C)(CC)C(=O)/C=C(\O)C(C)(CC)CC.[Ir]. The molecular weight excluding hydrogens is 783 g/mol. The van der Waals surface area contributed by atoms with Gasteiger partial charge in [0.05, 0.1) is 0 Å². The molecular formula is C44H52IrNO3-. The van der Waals surface area contributed by atoms with Gasteiger partial charge in [0, 0.05) is 65.4 Å². The van der Waals surface area contributed by atoms with E-state index < -0.39 is 0 Å². The van der Waals surface area contributed by atoms with Crippen LogP contribution in [0.2, 0.25) is 0 Å². The maximum atomic E-state index is 12.2. The molecule has 49 heavy (non-hydrogen) atoms. The van der Waals surface area contributed by atoms with E-state index in [1.807, 2.05) is 53.8 Å². The summed E-state index contributed by atoms with van der Waals surface area (Å²) in [6.07, 6.45) is 8.61. The smallest absolute Gasteiger partial charge is 0.164 e. The first-order valence-corrected chi connectivity index (χ1v) is 17.7. The number of aliphatic hydroxyl groups is 1. The van der Waals surface area contributed by atoms with Gasteiger partial charge < -0.3 is 9.52 Å². The van der Waals surface area contributed by atoms with Crippen molar-refractivity contribution in [2.75, 3.05) is 0 Å². The third-order valence-electron chi connectivity index (χ3n) is 11.0. The van der Waals surface area contributed by atoms with Gasteiger partial charge in [0.25, 0.3) is 0 Å². The molecule has 0 bridgehead atoms. The number of hydrogen-bond acceptors (Lipinski definition) is 4. The Hall–Kier alpha value is -3.53. The van der Waals surface area contributed by atoms with Gasteiger partial charge in [-0.05, 0) is 55.6 Å². The van der Waals surface area contributed by atoms with Gasteiger partial charge in [-0.2, -0.15) is 0 Å². The molecule has 0 amide bonds. The molecule has 5 heteroatoms. The maximum Gasteiger partial charge on any atom is 0.164 e. The first-order valence-electron chi connectivity index (χ1n) is 17.7. The van der Waals surface area contributed by atoms with Crippen molar-refractivity contribution in [2.24, 2.45) is 10.8 Å². The summed E-state index contributed by atoms with van der Waals surface area (Å²) in [7, 11) is 0. The van der Waals surface area contributed by atoms with Crippen LogP contribution in [0.25, 0.3) is 44.3 Å². The number of benzene rings is 3. The summed E-state index contributed by atoms with van der Waals surface area (Å²) in [5, 5.41) is 13.7. The van der Waals surface area contributed by atoms with Gasteiger partial charge in [-0.25, -0.2) is 0 Å². The fourth-order valence-corrected chi connectivity index (χ4v) is 6.65. The summed E-state index contributed by atoms with van der Waals surface area (Å²) in [6.45, 7) is 18.9. The summed E-state index contributed by atoms with van der Waals surface area (Å²) in [6, 6.07) is 25.0. The minimum atomic E-state index is -0.337. The number of aryl methyl sites for hydroxylation is 2. The summed E-state index contributed by atoms with van der Waals surface area (Å²) >= 11 is 0. The Morgan fingerprint density at radius 2 is 1.51 bits per heavy atom. The molecule has 0 fully saturated rings. The van der Waals surface area contributed by atoms with Gasteiger partial charge in [0.2, 0.25) is 0 Å². The van der Waals surface area contributed by atoms with Crippen LogP contribution in [0, 0.1) is 16.9 Å². The van der Waals surface area contributed by atoms with Crippen molar-refractivity contribution >= 4 is 27.5 Å². The standard InChI is InChI=1S/C29H24NO.C15H28O2.Ir/c1-29(2,3)24-17-20(16-19-9-5-6-10-21(19)24)27-26-23-13-12-18-8-4-7-11-22(18)28(23)31-25(26)14-15-30-27;1-7-14(5,8-2)12(16)11-13(17)15(6,9-3)10-4;/h4-11,14-15,17H,12-13H2,1-3H3;11,16H,7-10H2,1-6H3;/q-1;;/b;12-11-;. The number of rotatable bonds is 8. The van der Waals surface area contributed by atoms with Crippen molar-refractivity contribution in [3.8, 4) is 22.6 Å². The van der Waals surface area contributed by atoms with Crippen LogP contribution in [0.5, 0.6) is 0 Å². The Labute approximate surface area is 306 Å². The van der Waals surface area contributed by atoms with E-state index in [1.165, 1.54) is 33.7 Å². The second kappa shape index (κ2) is 15.2. The van der Waals surface area contributed by atoms with Crippen LogP contribution in [0.3, 0.4) is 0 Å². The van der Waals surface area contributed by atoms with Crippen molar-refractivity contribution in [3.63, 3.8) is 0 Å². The number of pyridine rings is 1. The monoisotopic (exact) mass is 835 g/mol. The number of hydrogen-bond donors (Lipinski definition) is 1. The number of ketones is 1. The largest absolute Gasteiger partial charge is 0.512 e. The number of nitrogens with zero attached hydrogens (tertiary/aromatic N) is 1. The molecule has 3 aromatic carbocycles. The van der Waals surface area contributed by atoms with E-state index >= 15 is 0 Å². The molecule has 5 aromatic rings. The van der Waals surface area contributed by atoms with E-state index in [-0.39, 0.29) is 47.9 Å². The second-order valence-electron chi connectivity index (χ2n) is 14.9. The Morgan fingerprint density at radius 1 is 0.878 bits per heavy atom. The van der Waals surface area contributed by atoms with Crippen molar-refractivity contribution < 1.29 is 34.4 Å². The molecule has 0 unspecified atom stereocenters. The van der Waals surface area contributed by atoms with Crippen LogP contribution in [-0.2, 0) is 43.2 Å². The Bertz CT molecular complexity index is 1970. The molecule has 0 saturated carbocycles. The van der Waals surface area contributed by atoms with Crippen LogP contribution in [-0.4, -0.2) is 15.9 Å². The molecule has 261 valence electrons. The predicted molar refractivity (Wildman–Crippen MR) is 200 cm³/mol. The minimum Gasteiger partial charge on any atom is -0.512 e.